The van der Waals surface area contributed by atoms with E-state index in [1.807, 2.05) is 36.4 Å². The topological polar surface area (TPSA) is 94.9 Å². The lowest BCUT2D eigenvalue weighted by molar-refractivity contribution is 0.0207. The predicted octanol–water partition coefficient (Wildman–Crippen LogP) is 1.28. The van der Waals surface area contributed by atoms with Crippen LogP contribution in [0, 0.1) is 28.1 Å². The van der Waals surface area contributed by atoms with Gasteiger partial charge in [0.25, 0.3) is 0 Å². The summed E-state index contributed by atoms with van der Waals surface area (Å²) in [4.78, 5) is 0. The van der Waals surface area contributed by atoms with Crippen molar-refractivity contribution in [3.8, 4) is 12.1 Å². The molecule has 2 aliphatic heterocycles. The first-order chi connectivity index (χ1) is 9.21. The van der Waals surface area contributed by atoms with Crippen LogP contribution in [0.3, 0.4) is 0 Å². The van der Waals surface area contributed by atoms with Crippen LogP contribution in [0.5, 0.6) is 0 Å². The highest BCUT2D eigenvalue weighted by molar-refractivity contribution is 5.45. The molecule has 19 heavy (non-hydrogen) atoms. The summed E-state index contributed by atoms with van der Waals surface area (Å²) in [7, 11) is 0. The zero-order valence-corrected chi connectivity index (χ0v) is 10.1. The molecule has 5 heteroatoms. The van der Waals surface area contributed by atoms with E-state index in [2.05, 4.69) is 11.4 Å². The Morgan fingerprint density at radius 3 is 2.68 bits per heavy atom. The highest BCUT2D eigenvalue weighted by Gasteiger charge is 2.57. The van der Waals surface area contributed by atoms with Crippen LogP contribution in [0.2, 0.25) is 0 Å². The number of ether oxygens (including phenoxy) is 1. The molecule has 0 aromatic heterocycles. The zero-order chi connectivity index (χ0) is 13.5. The molecule has 0 unspecified atom stereocenters. The van der Waals surface area contributed by atoms with E-state index in [0.717, 1.165) is 5.56 Å². The van der Waals surface area contributed by atoms with Gasteiger partial charge in [0.2, 0.25) is 0 Å². The van der Waals surface area contributed by atoms with Gasteiger partial charge < -0.3 is 15.8 Å². The molecular formula is C14H12N4O. The second kappa shape index (κ2) is 4.01. The maximum absolute atomic E-state index is 9.50. The summed E-state index contributed by atoms with van der Waals surface area (Å²) in [6, 6.07) is 13.9. The molecule has 1 aromatic carbocycles. The van der Waals surface area contributed by atoms with Crippen LogP contribution in [0.15, 0.2) is 41.7 Å². The van der Waals surface area contributed by atoms with Crippen molar-refractivity contribution in [2.24, 2.45) is 11.1 Å². The summed E-state index contributed by atoms with van der Waals surface area (Å²) in [5, 5.41) is 21.6. The summed E-state index contributed by atoms with van der Waals surface area (Å²) in [6.07, 6.45) is -0.304. The van der Waals surface area contributed by atoms with E-state index in [0.29, 0.717) is 12.0 Å². The minimum atomic E-state index is -0.973. The number of nitrogens with zero attached hydrogens (tertiary/aromatic N) is 2. The van der Waals surface area contributed by atoms with E-state index in [1.165, 1.54) is 0 Å². The standard InChI is InChI=1S/C14H12N4O/c15-7-10-12(17)18-13-14(10,8-16)6-11(19-13)9-4-2-1-3-5-9/h1-5,11,13,18H,6,17H2/t11-,13+,14+/m0/s1. The van der Waals surface area contributed by atoms with Gasteiger partial charge in [-0.2, -0.15) is 10.5 Å². The number of nitriles is 2. The molecule has 0 amide bonds. The Morgan fingerprint density at radius 1 is 1.32 bits per heavy atom. The van der Waals surface area contributed by atoms with E-state index in [-0.39, 0.29) is 11.9 Å². The van der Waals surface area contributed by atoms with E-state index >= 15 is 0 Å². The molecule has 2 heterocycles. The van der Waals surface area contributed by atoms with Crippen LogP contribution in [0.4, 0.5) is 0 Å². The van der Waals surface area contributed by atoms with Gasteiger partial charge in [-0.1, -0.05) is 30.3 Å². The van der Waals surface area contributed by atoms with Crippen molar-refractivity contribution in [3.63, 3.8) is 0 Å². The fourth-order valence-electron chi connectivity index (χ4n) is 2.76. The molecule has 3 rings (SSSR count). The molecule has 2 aliphatic rings. The summed E-state index contributed by atoms with van der Waals surface area (Å²) in [6.45, 7) is 0. The van der Waals surface area contributed by atoms with Gasteiger partial charge in [-0.15, -0.1) is 0 Å². The van der Waals surface area contributed by atoms with Gasteiger partial charge in [0.1, 0.15) is 17.3 Å². The number of nitrogens with two attached hydrogens (primary N) is 1. The van der Waals surface area contributed by atoms with Crippen molar-refractivity contribution in [2.45, 2.75) is 18.8 Å². The van der Waals surface area contributed by atoms with Gasteiger partial charge in [-0.25, -0.2) is 0 Å². The monoisotopic (exact) mass is 252 g/mol. The van der Waals surface area contributed by atoms with E-state index in [9.17, 15) is 10.5 Å². The third-order valence-electron chi connectivity index (χ3n) is 3.74. The van der Waals surface area contributed by atoms with E-state index < -0.39 is 11.6 Å². The highest BCUT2D eigenvalue weighted by Crippen LogP contribution is 2.51. The molecule has 94 valence electrons. The molecule has 0 spiro atoms. The molecule has 0 aliphatic carbocycles. The van der Waals surface area contributed by atoms with E-state index in [1.54, 1.807) is 0 Å². The average molecular weight is 252 g/mol. The van der Waals surface area contributed by atoms with Crippen LogP contribution in [-0.4, -0.2) is 6.23 Å². The van der Waals surface area contributed by atoms with Crippen molar-refractivity contribution >= 4 is 0 Å². The minimum Gasteiger partial charge on any atom is -0.385 e. The molecule has 1 aromatic rings. The maximum Gasteiger partial charge on any atom is 0.153 e. The van der Waals surface area contributed by atoms with Crippen molar-refractivity contribution in [3.05, 3.63) is 47.3 Å². The Labute approximate surface area is 110 Å². The smallest absolute Gasteiger partial charge is 0.153 e. The molecule has 0 radical (unpaired) electrons. The van der Waals surface area contributed by atoms with Gasteiger partial charge in [-0.3, -0.25) is 0 Å². The Morgan fingerprint density at radius 2 is 2.05 bits per heavy atom. The van der Waals surface area contributed by atoms with Gasteiger partial charge in [0.15, 0.2) is 6.23 Å². The molecule has 1 saturated heterocycles. The lowest BCUT2D eigenvalue weighted by Crippen LogP contribution is -2.35. The SMILES string of the molecule is N#CC1=C(N)N[C@@H]2O[C@H](c3ccccc3)C[C@@]12C#N. The first-order valence-corrected chi connectivity index (χ1v) is 6.00. The fourth-order valence-corrected chi connectivity index (χ4v) is 2.76. The quantitative estimate of drug-likeness (QED) is 0.785. The number of fused-ring (bicyclic) bond motifs is 1. The lowest BCUT2D eigenvalue weighted by Gasteiger charge is -2.17. The molecule has 0 bridgehead atoms. The first-order valence-electron chi connectivity index (χ1n) is 6.00. The third kappa shape index (κ3) is 1.49. The maximum atomic E-state index is 9.50. The van der Waals surface area contributed by atoms with Crippen LogP contribution in [-0.2, 0) is 4.74 Å². The molecular weight excluding hydrogens is 240 g/mol. The number of rotatable bonds is 1. The second-order valence-corrected chi connectivity index (χ2v) is 4.75. The van der Waals surface area contributed by atoms with Gasteiger partial charge in [0, 0.05) is 6.42 Å². The van der Waals surface area contributed by atoms with Crippen molar-refractivity contribution < 1.29 is 4.74 Å². The van der Waals surface area contributed by atoms with Crippen molar-refractivity contribution in [2.75, 3.05) is 0 Å². The minimum absolute atomic E-state index is 0.199. The average Bonchev–Trinajstić information content (AvgIpc) is 2.91. The number of nitrogens with one attached hydrogen (secondary N) is 1. The summed E-state index contributed by atoms with van der Waals surface area (Å²) >= 11 is 0. The fraction of sp³-hybridized carbons (Fsp3) is 0.286. The van der Waals surface area contributed by atoms with Gasteiger partial charge >= 0.3 is 0 Å². The van der Waals surface area contributed by atoms with E-state index in [4.69, 9.17) is 10.5 Å². The summed E-state index contributed by atoms with van der Waals surface area (Å²) in [5.74, 6) is 0.251. The van der Waals surface area contributed by atoms with Crippen LogP contribution >= 0.6 is 0 Å². The normalized spacial score (nSPS) is 32.3. The molecule has 1 fully saturated rings. The second-order valence-electron chi connectivity index (χ2n) is 4.75. The third-order valence-corrected chi connectivity index (χ3v) is 3.74. The van der Waals surface area contributed by atoms with Crippen LogP contribution in [0.25, 0.3) is 0 Å². The Hall–Kier alpha value is -2.50. The lowest BCUT2D eigenvalue weighted by atomic mass is 9.79. The Balaban J connectivity index is 1.98. The van der Waals surface area contributed by atoms with Crippen molar-refractivity contribution in [1.82, 2.24) is 5.32 Å². The zero-order valence-electron chi connectivity index (χ0n) is 10.1. The molecule has 0 saturated carbocycles. The Bertz CT molecular complexity index is 625. The summed E-state index contributed by atoms with van der Waals surface area (Å²) in [5.41, 5.74) is 6.06. The molecule has 5 nitrogen and oxygen atoms in total. The predicted molar refractivity (Wildman–Crippen MR) is 66.7 cm³/mol. The number of hydrogen-bond donors (Lipinski definition) is 2. The molecule has 3 N–H and O–H groups in total. The first kappa shape index (κ1) is 11.6. The highest BCUT2D eigenvalue weighted by atomic mass is 16.5. The van der Waals surface area contributed by atoms with Crippen molar-refractivity contribution in [1.29, 1.82) is 10.5 Å². The number of benzene rings is 1. The number of hydrogen-bond acceptors (Lipinski definition) is 5. The van der Waals surface area contributed by atoms with Gasteiger partial charge in [-0.05, 0) is 5.56 Å². The molecule has 3 atom stereocenters. The van der Waals surface area contributed by atoms with Crippen LogP contribution in [0.1, 0.15) is 18.1 Å². The Kier molecular flexibility index (Phi) is 2.45. The van der Waals surface area contributed by atoms with Gasteiger partial charge in [0.05, 0.1) is 17.7 Å². The summed E-state index contributed by atoms with van der Waals surface area (Å²) < 4.78 is 5.86. The van der Waals surface area contributed by atoms with Crippen LogP contribution < -0.4 is 11.1 Å². The largest absolute Gasteiger partial charge is 0.385 e.